The van der Waals surface area contributed by atoms with Crippen molar-refractivity contribution in [3.05, 3.63) is 28.8 Å². The summed E-state index contributed by atoms with van der Waals surface area (Å²) in [7, 11) is 0. The van der Waals surface area contributed by atoms with Gasteiger partial charge in [-0.2, -0.15) is 5.26 Å². The Morgan fingerprint density at radius 1 is 1.17 bits per heavy atom. The average Bonchev–Trinajstić information content (AvgIpc) is 2.80. The van der Waals surface area contributed by atoms with E-state index in [2.05, 4.69) is 21.2 Å². The summed E-state index contributed by atoms with van der Waals surface area (Å²) in [6.45, 7) is 6.91. The van der Waals surface area contributed by atoms with Gasteiger partial charge < -0.3 is 20.1 Å². The molecular weight excluding hydrogens is 468 g/mol. The van der Waals surface area contributed by atoms with E-state index in [1.807, 2.05) is 19.9 Å². The van der Waals surface area contributed by atoms with Crippen molar-refractivity contribution in [1.29, 1.82) is 5.26 Å². The van der Waals surface area contributed by atoms with Crippen LogP contribution in [0.15, 0.2) is 18.2 Å². The zero-order valence-electron chi connectivity index (χ0n) is 20.3. The Morgan fingerprint density at radius 3 is 2.40 bits per heavy atom. The number of nitrogens with zero attached hydrogens (tertiary/aromatic N) is 3. The van der Waals surface area contributed by atoms with Gasteiger partial charge in [0.2, 0.25) is 5.91 Å². The topological polar surface area (TPSA) is 106 Å². The number of rotatable bonds is 5. The summed E-state index contributed by atoms with van der Waals surface area (Å²) in [5.74, 6) is 1.08. The summed E-state index contributed by atoms with van der Waals surface area (Å²) in [5, 5.41) is 22.3. The Morgan fingerprint density at radius 2 is 1.83 bits per heavy atom. The first-order chi connectivity index (χ1) is 16.6. The van der Waals surface area contributed by atoms with Crippen molar-refractivity contribution in [3.8, 4) is 6.07 Å². The third-order valence-corrected chi connectivity index (χ3v) is 9.16. The molecule has 9 heteroatoms. The molecule has 2 atom stereocenters. The molecule has 2 N–H and O–H groups in total. The molecule has 1 amide bonds. The Bertz CT molecular complexity index is 1050. The van der Waals surface area contributed by atoms with E-state index in [0.717, 1.165) is 51.1 Å². The average molecular weight is 501 g/mol. The van der Waals surface area contributed by atoms with E-state index in [-0.39, 0.29) is 23.8 Å². The Hall–Kier alpha value is -2.50. The maximum atomic E-state index is 13.5. The number of hydrogen-bond acceptors (Lipinski definition) is 6. The molecule has 1 heterocycles. The van der Waals surface area contributed by atoms with E-state index < -0.39 is 17.3 Å². The van der Waals surface area contributed by atoms with Gasteiger partial charge in [0.15, 0.2) is 0 Å². The maximum Gasteiger partial charge on any atom is 0.506 e. The van der Waals surface area contributed by atoms with Gasteiger partial charge in [0, 0.05) is 32.2 Å². The minimum absolute atomic E-state index is 0.0352. The zero-order valence-corrected chi connectivity index (χ0v) is 21.1. The highest BCUT2D eigenvalue weighted by molar-refractivity contribution is 6.33. The standard InChI is InChI=1S/C26H33ClN4O4/c1-25(2,31-7-5-30(6-8-31)21-4-3-16(15-28)11-20(21)27)23(32)29-22-18-9-17-10-19(22)14-26(12-17,13-18)35-24(33)34/h3-4,11,17-19,22H,5-10,12-14H2,1-2H3,(H,29,32)(H,33,34). The summed E-state index contributed by atoms with van der Waals surface area (Å²) < 4.78 is 5.40. The first-order valence-corrected chi connectivity index (χ1v) is 12.9. The van der Waals surface area contributed by atoms with Crippen LogP contribution in [0.3, 0.4) is 0 Å². The van der Waals surface area contributed by atoms with Crippen molar-refractivity contribution < 1.29 is 19.4 Å². The second-order valence-corrected chi connectivity index (χ2v) is 11.7. The van der Waals surface area contributed by atoms with Crippen molar-refractivity contribution in [3.63, 3.8) is 0 Å². The highest BCUT2D eigenvalue weighted by Crippen LogP contribution is 2.57. The summed E-state index contributed by atoms with van der Waals surface area (Å²) in [6, 6.07) is 7.56. The number of carbonyl (C=O) groups is 2. The lowest BCUT2D eigenvalue weighted by molar-refractivity contribution is -0.157. The lowest BCUT2D eigenvalue weighted by Crippen LogP contribution is -2.66. The predicted molar refractivity (Wildman–Crippen MR) is 131 cm³/mol. The van der Waals surface area contributed by atoms with Gasteiger partial charge in [-0.05, 0) is 81.9 Å². The number of hydrogen-bond donors (Lipinski definition) is 2. The van der Waals surface area contributed by atoms with E-state index in [4.69, 9.17) is 21.6 Å². The van der Waals surface area contributed by atoms with Gasteiger partial charge in [-0.25, -0.2) is 4.79 Å². The smallest absolute Gasteiger partial charge is 0.450 e. The van der Waals surface area contributed by atoms with Gasteiger partial charge in [0.25, 0.3) is 0 Å². The molecule has 0 aromatic heterocycles. The van der Waals surface area contributed by atoms with Crippen LogP contribution >= 0.6 is 11.6 Å². The Kier molecular flexibility index (Phi) is 6.13. The highest BCUT2D eigenvalue weighted by Gasteiger charge is 2.58. The number of nitriles is 1. The third-order valence-electron chi connectivity index (χ3n) is 8.86. The van der Waals surface area contributed by atoms with Gasteiger partial charge in [-0.15, -0.1) is 0 Å². The van der Waals surface area contributed by atoms with Crippen LogP contribution in [-0.4, -0.2) is 65.4 Å². The molecule has 6 rings (SSSR count). The lowest BCUT2D eigenvalue weighted by Gasteiger charge is -2.59. The van der Waals surface area contributed by atoms with Gasteiger partial charge in [0.05, 0.1) is 27.9 Å². The molecular formula is C26H33ClN4O4. The van der Waals surface area contributed by atoms with E-state index >= 15 is 0 Å². The molecule has 8 nitrogen and oxygen atoms in total. The van der Waals surface area contributed by atoms with E-state index in [0.29, 0.717) is 29.3 Å². The molecule has 4 saturated carbocycles. The lowest BCUT2D eigenvalue weighted by atomic mass is 9.52. The normalized spacial score (nSPS) is 32.2. The molecule has 1 aromatic rings. The molecule has 1 aromatic carbocycles. The molecule has 4 aliphatic carbocycles. The molecule has 1 aliphatic heterocycles. The van der Waals surface area contributed by atoms with Crippen LogP contribution in [0.5, 0.6) is 0 Å². The third kappa shape index (κ3) is 4.45. The molecule has 35 heavy (non-hydrogen) atoms. The minimum atomic E-state index is -1.19. The SMILES string of the molecule is CC(C)(C(=O)NC1C2CC3CC1CC(OC(=O)O)(C3)C2)N1CCN(c2ccc(C#N)cc2Cl)CC1. The van der Waals surface area contributed by atoms with Crippen molar-refractivity contribution in [1.82, 2.24) is 10.2 Å². The summed E-state index contributed by atoms with van der Waals surface area (Å²) >= 11 is 6.41. The fraction of sp³-hybridized carbons (Fsp3) is 0.654. The monoisotopic (exact) mass is 500 g/mol. The minimum Gasteiger partial charge on any atom is -0.450 e. The van der Waals surface area contributed by atoms with Crippen LogP contribution in [0.2, 0.25) is 5.02 Å². The van der Waals surface area contributed by atoms with Gasteiger partial charge in [-0.3, -0.25) is 9.69 Å². The van der Waals surface area contributed by atoms with Crippen molar-refractivity contribution in [2.75, 3.05) is 31.1 Å². The van der Waals surface area contributed by atoms with Crippen LogP contribution in [0.4, 0.5) is 10.5 Å². The summed E-state index contributed by atoms with van der Waals surface area (Å²) in [5.41, 5.74) is 0.242. The molecule has 2 unspecified atom stereocenters. The molecule has 5 fully saturated rings. The first-order valence-electron chi connectivity index (χ1n) is 12.5. The summed E-state index contributed by atoms with van der Waals surface area (Å²) in [6.07, 6.45) is 3.14. The second-order valence-electron chi connectivity index (χ2n) is 11.3. The number of halogens is 1. The Labute approximate surface area is 211 Å². The van der Waals surface area contributed by atoms with Gasteiger partial charge in [-0.1, -0.05) is 11.6 Å². The predicted octanol–water partition coefficient (Wildman–Crippen LogP) is 3.87. The van der Waals surface area contributed by atoms with Crippen LogP contribution in [-0.2, 0) is 9.53 Å². The number of nitrogens with one attached hydrogen (secondary N) is 1. The zero-order chi connectivity index (χ0) is 25.0. The van der Waals surface area contributed by atoms with Gasteiger partial charge >= 0.3 is 6.16 Å². The number of amides is 1. The van der Waals surface area contributed by atoms with E-state index in [1.165, 1.54) is 0 Å². The number of piperazine rings is 1. The number of carbonyl (C=O) groups excluding carboxylic acids is 1. The van der Waals surface area contributed by atoms with Crippen molar-refractivity contribution >= 4 is 29.4 Å². The molecule has 0 radical (unpaired) electrons. The molecule has 188 valence electrons. The molecule has 4 bridgehead atoms. The summed E-state index contributed by atoms with van der Waals surface area (Å²) in [4.78, 5) is 29.3. The van der Waals surface area contributed by atoms with Crippen molar-refractivity contribution in [2.45, 2.75) is 63.1 Å². The molecule has 1 saturated heterocycles. The van der Waals surface area contributed by atoms with Crippen LogP contribution in [0, 0.1) is 29.1 Å². The largest absolute Gasteiger partial charge is 0.506 e. The van der Waals surface area contributed by atoms with Gasteiger partial charge in [0.1, 0.15) is 5.60 Å². The Balaban J connectivity index is 1.21. The first kappa shape index (κ1) is 24.2. The van der Waals surface area contributed by atoms with Crippen LogP contribution in [0.1, 0.15) is 51.5 Å². The number of ether oxygens (including phenoxy) is 1. The number of anilines is 1. The highest BCUT2D eigenvalue weighted by atomic mass is 35.5. The quantitative estimate of drug-likeness (QED) is 0.591. The number of benzene rings is 1. The maximum absolute atomic E-state index is 13.5. The molecule has 0 spiro atoms. The second kappa shape index (κ2) is 8.86. The van der Waals surface area contributed by atoms with E-state index in [9.17, 15) is 14.7 Å². The number of carboxylic acid groups (broad SMARTS) is 1. The molecule has 5 aliphatic rings. The van der Waals surface area contributed by atoms with E-state index in [1.54, 1.807) is 12.1 Å². The van der Waals surface area contributed by atoms with Crippen molar-refractivity contribution in [2.24, 2.45) is 17.8 Å². The fourth-order valence-electron chi connectivity index (χ4n) is 7.31. The van der Waals surface area contributed by atoms with Crippen LogP contribution in [0.25, 0.3) is 0 Å². The fourth-order valence-corrected chi connectivity index (χ4v) is 7.61. The van der Waals surface area contributed by atoms with Crippen LogP contribution < -0.4 is 10.2 Å².